The van der Waals surface area contributed by atoms with Crippen LogP contribution in [0.15, 0.2) is 69.3 Å². The minimum absolute atomic E-state index is 0.0961. The van der Waals surface area contributed by atoms with Crippen LogP contribution in [-0.2, 0) is 22.7 Å². The molecule has 0 aliphatic carbocycles. The number of urea groups is 1. The fraction of sp³-hybridized carbons (Fsp3) is 0.160. The van der Waals surface area contributed by atoms with Gasteiger partial charge in [-0.05, 0) is 64.3 Å². The summed E-state index contributed by atoms with van der Waals surface area (Å²) in [6, 6.07) is 13.8. The third-order valence-corrected chi connectivity index (χ3v) is 5.74. The molecular formula is C25H21BrN2O6. The average Bonchev–Trinajstić information content (AvgIpc) is 3.33. The summed E-state index contributed by atoms with van der Waals surface area (Å²) in [5.74, 6) is -0.183. The summed E-state index contributed by atoms with van der Waals surface area (Å²) in [5.41, 5.74) is 2.48. The molecule has 4 rings (SSSR count). The number of nitrogens with one attached hydrogen (secondary N) is 1. The number of benzene rings is 2. The molecule has 2 aromatic carbocycles. The number of barbiturate groups is 1. The number of hydrogen-bond acceptors (Lipinski definition) is 6. The van der Waals surface area contributed by atoms with Crippen LogP contribution in [0.25, 0.3) is 6.08 Å². The second-order valence-corrected chi connectivity index (χ2v) is 8.45. The number of amides is 4. The van der Waals surface area contributed by atoms with Crippen molar-refractivity contribution in [2.24, 2.45) is 0 Å². The van der Waals surface area contributed by atoms with Crippen LogP contribution in [-0.4, -0.2) is 29.9 Å². The second kappa shape index (κ2) is 9.96. The maximum atomic E-state index is 12.9. The monoisotopic (exact) mass is 524 g/mol. The van der Waals surface area contributed by atoms with E-state index in [1.54, 1.807) is 24.3 Å². The molecule has 1 aromatic heterocycles. The van der Waals surface area contributed by atoms with Gasteiger partial charge in [-0.2, -0.15) is 0 Å². The Morgan fingerprint density at radius 1 is 1.12 bits per heavy atom. The lowest BCUT2D eigenvalue weighted by Gasteiger charge is -2.25. The molecule has 1 aliphatic heterocycles. The Bertz CT molecular complexity index is 1270. The molecule has 0 saturated carbocycles. The fourth-order valence-electron chi connectivity index (χ4n) is 3.37. The summed E-state index contributed by atoms with van der Waals surface area (Å²) in [4.78, 5) is 38.5. The summed E-state index contributed by atoms with van der Waals surface area (Å²) >= 11 is 3.48. The summed E-state index contributed by atoms with van der Waals surface area (Å²) in [7, 11) is 1.50. The van der Waals surface area contributed by atoms with Crippen LogP contribution >= 0.6 is 15.9 Å². The van der Waals surface area contributed by atoms with E-state index in [9.17, 15) is 14.4 Å². The number of furan rings is 1. The van der Waals surface area contributed by atoms with Gasteiger partial charge >= 0.3 is 6.03 Å². The molecule has 34 heavy (non-hydrogen) atoms. The van der Waals surface area contributed by atoms with Crippen LogP contribution in [0.3, 0.4) is 0 Å². The number of nitrogens with zero attached hydrogens (tertiary/aromatic N) is 1. The molecule has 0 radical (unpaired) electrons. The quantitative estimate of drug-likeness (QED) is 0.358. The molecule has 174 valence electrons. The first-order valence-corrected chi connectivity index (χ1v) is 11.1. The number of methoxy groups -OCH3 is 1. The maximum Gasteiger partial charge on any atom is 0.331 e. The van der Waals surface area contributed by atoms with Gasteiger partial charge in [0.1, 0.15) is 17.9 Å². The molecule has 0 unspecified atom stereocenters. The van der Waals surface area contributed by atoms with E-state index >= 15 is 0 Å². The van der Waals surface area contributed by atoms with Gasteiger partial charge in [-0.25, -0.2) is 4.79 Å². The summed E-state index contributed by atoms with van der Waals surface area (Å²) in [6.07, 6.45) is 2.84. The van der Waals surface area contributed by atoms with E-state index in [0.29, 0.717) is 33.9 Å². The SMILES string of the molecule is COc1cc(/C=C2\C(=O)NC(=O)N(Cc3ccco3)C2=O)cc(Br)c1OCc1ccc(C)cc1. The molecule has 2 heterocycles. The Morgan fingerprint density at radius 2 is 1.88 bits per heavy atom. The molecule has 1 saturated heterocycles. The first-order chi connectivity index (χ1) is 16.4. The predicted molar refractivity (Wildman–Crippen MR) is 127 cm³/mol. The molecular weight excluding hydrogens is 504 g/mol. The molecule has 9 heteroatoms. The number of carbonyl (C=O) groups is 3. The molecule has 0 spiro atoms. The number of carbonyl (C=O) groups excluding carboxylic acids is 3. The molecule has 8 nitrogen and oxygen atoms in total. The van der Waals surface area contributed by atoms with Crippen molar-refractivity contribution in [2.45, 2.75) is 20.1 Å². The highest BCUT2D eigenvalue weighted by molar-refractivity contribution is 9.10. The van der Waals surface area contributed by atoms with Crippen molar-refractivity contribution in [3.8, 4) is 11.5 Å². The van der Waals surface area contributed by atoms with Gasteiger partial charge in [0, 0.05) is 0 Å². The van der Waals surface area contributed by atoms with Gasteiger partial charge in [0.2, 0.25) is 0 Å². The van der Waals surface area contributed by atoms with Gasteiger partial charge in [-0.1, -0.05) is 29.8 Å². The standard InChI is InChI=1S/C25H21BrN2O6/c1-15-5-7-16(8-6-15)14-34-22-20(26)11-17(12-21(22)32-2)10-19-23(29)27-25(31)28(24(19)30)13-18-4-3-9-33-18/h3-12H,13-14H2,1-2H3,(H,27,29,31)/b19-10+. The van der Waals surface area contributed by atoms with Crippen LogP contribution in [0.5, 0.6) is 11.5 Å². The lowest BCUT2D eigenvalue weighted by molar-refractivity contribution is -0.130. The van der Waals surface area contributed by atoms with Crippen molar-refractivity contribution in [2.75, 3.05) is 7.11 Å². The van der Waals surface area contributed by atoms with E-state index in [1.807, 2.05) is 31.2 Å². The number of ether oxygens (including phenoxy) is 2. The van der Waals surface area contributed by atoms with Gasteiger partial charge in [-0.3, -0.25) is 19.8 Å². The van der Waals surface area contributed by atoms with E-state index in [1.165, 1.54) is 19.4 Å². The van der Waals surface area contributed by atoms with Crippen LogP contribution < -0.4 is 14.8 Å². The molecule has 1 fully saturated rings. The maximum absolute atomic E-state index is 12.9. The highest BCUT2D eigenvalue weighted by Crippen LogP contribution is 2.38. The molecule has 0 bridgehead atoms. The van der Waals surface area contributed by atoms with Crippen molar-refractivity contribution in [3.63, 3.8) is 0 Å². The first kappa shape index (κ1) is 23.3. The smallest absolute Gasteiger partial charge is 0.331 e. The predicted octanol–water partition coefficient (Wildman–Crippen LogP) is 4.60. The Balaban J connectivity index is 1.59. The van der Waals surface area contributed by atoms with Crippen molar-refractivity contribution < 1.29 is 28.3 Å². The number of hydrogen-bond donors (Lipinski definition) is 1. The third kappa shape index (κ3) is 5.04. The third-order valence-electron chi connectivity index (χ3n) is 5.15. The number of aryl methyl sites for hydroxylation is 1. The average molecular weight is 525 g/mol. The van der Waals surface area contributed by atoms with Crippen molar-refractivity contribution in [3.05, 3.63) is 87.3 Å². The fourth-order valence-corrected chi connectivity index (χ4v) is 3.94. The summed E-state index contributed by atoms with van der Waals surface area (Å²) in [6.45, 7) is 2.25. The first-order valence-electron chi connectivity index (χ1n) is 10.3. The normalized spacial score (nSPS) is 15.0. The number of halogens is 1. The van der Waals surface area contributed by atoms with E-state index < -0.39 is 17.8 Å². The van der Waals surface area contributed by atoms with Crippen molar-refractivity contribution in [1.82, 2.24) is 10.2 Å². The van der Waals surface area contributed by atoms with Gasteiger partial charge in [0.05, 0.1) is 24.4 Å². The van der Waals surface area contributed by atoms with Gasteiger partial charge in [-0.15, -0.1) is 0 Å². The lowest BCUT2D eigenvalue weighted by atomic mass is 10.1. The largest absolute Gasteiger partial charge is 0.493 e. The van der Waals surface area contributed by atoms with E-state index in [2.05, 4.69) is 21.2 Å². The van der Waals surface area contributed by atoms with Gasteiger partial charge in [0.15, 0.2) is 11.5 Å². The Morgan fingerprint density at radius 3 is 2.56 bits per heavy atom. The summed E-state index contributed by atoms with van der Waals surface area (Å²) in [5, 5.41) is 2.19. The Kier molecular flexibility index (Phi) is 6.83. The highest BCUT2D eigenvalue weighted by Gasteiger charge is 2.36. The highest BCUT2D eigenvalue weighted by atomic mass is 79.9. The number of imide groups is 2. The van der Waals surface area contributed by atoms with Crippen LogP contribution in [0.1, 0.15) is 22.5 Å². The lowest BCUT2D eigenvalue weighted by Crippen LogP contribution is -2.53. The van der Waals surface area contributed by atoms with Crippen LogP contribution in [0.4, 0.5) is 4.79 Å². The van der Waals surface area contributed by atoms with Gasteiger partial charge in [0.25, 0.3) is 11.8 Å². The van der Waals surface area contributed by atoms with E-state index in [0.717, 1.165) is 16.0 Å². The summed E-state index contributed by atoms with van der Waals surface area (Å²) < 4.78 is 17.2. The zero-order chi connectivity index (χ0) is 24.2. The molecule has 3 aromatic rings. The number of rotatable bonds is 7. The topological polar surface area (TPSA) is 98.1 Å². The zero-order valence-corrected chi connectivity index (χ0v) is 20.0. The zero-order valence-electron chi connectivity index (χ0n) is 18.5. The Labute approximate surface area is 204 Å². The van der Waals surface area contributed by atoms with Crippen LogP contribution in [0, 0.1) is 6.92 Å². The van der Waals surface area contributed by atoms with Crippen molar-refractivity contribution >= 4 is 39.9 Å². The molecule has 4 amide bonds. The minimum Gasteiger partial charge on any atom is -0.493 e. The minimum atomic E-state index is -0.804. The van der Waals surface area contributed by atoms with Crippen LogP contribution in [0.2, 0.25) is 0 Å². The second-order valence-electron chi connectivity index (χ2n) is 7.60. The molecule has 1 aliphatic rings. The van der Waals surface area contributed by atoms with Gasteiger partial charge < -0.3 is 13.9 Å². The Hall–Kier alpha value is -3.85. The molecule has 0 atom stereocenters. The van der Waals surface area contributed by atoms with E-state index in [4.69, 9.17) is 13.9 Å². The van der Waals surface area contributed by atoms with E-state index in [-0.39, 0.29) is 12.1 Å². The molecule has 1 N–H and O–H groups in total. The van der Waals surface area contributed by atoms with Crippen molar-refractivity contribution in [1.29, 1.82) is 0 Å².